The molecule has 3 heteroatoms. The van der Waals surface area contributed by atoms with Gasteiger partial charge in [-0.1, -0.05) is 11.6 Å². The quantitative estimate of drug-likeness (QED) is 0.735. The van der Waals surface area contributed by atoms with Crippen LogP contribution in [0.5, 0.6) is 0 Å². The molecule has 1 saturated heterocycles. The number of Topliss-reactive ketones (excluding diaryl/α,β-unsaturated/α-hetero) is 1. The first-order valence-corrected chi connectivity index (χ1v) is 5.60. The van der Waals surface area contributed by atoms with Gasteiger partial charge in [0.05, 0.1) is 6.04 Å². The van der Waals surface area contributed by atoms with Gasteiger partial charge in [-0.05, 0) is 37.6 Å². The minimum atomic E-state index is -0.0000690. The lowest BCUT2D eigenvalue weighted by Crippen LogP contribution is -2.47. The molecule has 0 amide bonds. The highest BCUT2D eigenvalue weighted by atomic mass is 35.5. The van der Waals surface area contributed by atoms with Gasteiger partial charge >= 0.3 is 0 Å². The minimum absolute atomic E-state index is 0.0000690. The second-order valence-electron chi connectivity index (χ2n) is 3.94. The van der Waals surface area contributed by atoms with Crippen LogP contribution in [0.3, 0.4) is 0 Å². The van der Waals surface area contributed by atoms with E-state index in [4.69, 9.17) is 11.6 Å². The third kappa shape index (κ3) is 2.21. The van der Waals surface area contributed by atoms with Crippen LogP contribution in [0.4, 0.5) is 0 Å². The Bertz CT molecular complexity index is 356. The van der Waals surface area contributed by atoms with Crippen molar-refractivity contribution in [3.63, 3.8) is 0 Å². The van der Waals surface area contributed by atoms with Crippen LogP contribution in [0.2, 0.25) is 5.02 Å². The summed E-state index contributed by atoms with van der Waals surface area (Å²) in [6.07, 6.45) is 1.21. The lowest BCUT2D eigenvalue weighted by Gasteiger charge is -2.35. The van der Waals surface area contributed by atoms with Crippen LogP contribution < -0.4 is 0 Å². The molecule has 1 atom stereocenters. The summed E-state index contributed by atoms with van der Waals surface area (Å²) in [6, 6.07) is 7.11. The highest BCUT2D eigenvalue weighted by Gasteiger charge is 2.26. The SMILES string of the molecule is CC(C(=O)c1ccc(Cl)cc1)N1CCC1. The van der Waals surface area contributed by atoms with Crippen molar-refractivity contribution in [2.45, 2.75) is 19.4 Å². The monoisotopic (exact) mass is 223 g/mol. The maximum Gasteiger partial charge on any atom is 0.179 e. The van der Waals surface area contributed by atoms with Gasteiger partial charge in [0.25, 0.3) is 0 Å². The summed E-state index contributed by atoms with van der Waals surface area (Å²) in [5.41, 5.74) is 0.749. The lowest BCUT2D eigenvalue weighted by molar-refractivity contribution is 0.0727. The predicted molar refractivity (Wildman–Crippen MR) is 61.4 cm³/mol. The average Bonchev–Trinajstić information content (AvgIpc) is 2.15. The summed E-state index contributed by atoms with van der Waals surface area (Å²) >= 11 is 5.78. The van der Waals surface area contributed by atoms with Gasteiger partial charge in [0.1, 0.15) is 0 Å². The number of likely N-dealkylation sites (tertiary alicyclic amines) is 1. The van der Waals surface area contributed by atoms with Crippen LogP contribution >= 0.6 is 11.6 Å². The number of rotatable bonds is 3. The van der Waals surface area contributed by atoms with E-state index in [9.17, 15) is 4.79 Å². The van der Waals surface area contributed by atoms with Crippen molar-refractivity contribution in [2.75, 3.05) is 13.1 Å². The molecule has 2 nitrogen and oxygen atoms in total. The number of ketones is 1. The van der Waals surface area contributed by atoms with E-state index in [1.54, 1.807) is 24.3 Å². The molecule has 0 aliphatic carbocycles. The molecule has 0 bridgehead atoms. The molecule has 0 saturated carbocycles. The van der Waals surface area contributed by atoms with Crippen molar-refractivity contribution < 1.29 is 4.79 Å². The molecule has 1 aromatic carbocycles. The van der Waals surface area contributed by atoms with E-state index in [1.165, 1.54) is 6.42 Å². The molecule has 80 valence electrons. The van der Waals surface area contributed by atoms with Crippen LogP contribution in [0.15, 0.2) is 24.3 Å². The molecule has 1 aliphatic heterocycles. The number of carbonyl (C=O) groups is 1. The molecule has 1 heterocycles. The second kappa shape index (κ2) is 4.33. The Labute approximate surface area is 94.8 Å². The van der Waals surface area contributed by atoms with Crippen LogP contribution in [0.25, 0.3) is 0 Å². The zero-order valence-electron chi connectivity index (χ0n) is 8.74. The van der Waals surface area contributed by atoms with Gasteiger partial charge in [-0.25, -0.2) is 0 Å². The van der Waals surface area contributed by atoms with Crippen molar-refractivity contribution in [2.24, 2.45) is 0 Å². The van der Waals surface area contributed by atoms with Crippen molar-refractivity contribution in [3.05, 3.63) is 34.9 Å². The Balaban J connectivity index is 2.09. The molecule has 0 aromatic heterocycles. The fourth-order valence-corrected chi connectivity index (χ4v) is 1.88. The zero-order chi connectivity index (χ0) is 10.8. The summed E-state index contributed by atoms with van der Waals surface area (Å²) in [5, 5.41) is 0.670. The molecular formula is C12H14ClNO. The summed E-state index contributed by atoms with van der Waals surface area (Å²) in [6.45, 7) is 4.05. The Morgan fingerprint density at radius 3 is 2.40 bits per heavy atom. The van der Waals surface area contributed by atoms with Crippen molar-refractivity contribution in [1.29, 1.82) is 0 Å². The first-order valence-electron chi connectivity index (χ1n) is 5.22. The number of halogens is 1. The minimum Gasteiger partial charge on any atom is -0.293 e. The van der Waals surface area contributed by atoms with E-state index < -0.39 is 0 Å². The second-order valence-corrected chi connectivity index (χ2v) is 4.37. The fraction of sp³-hybridized carbons (Fsp3) is 0.417. The maximum absolute atomic E-state index is 12.0. The van der Waals surface area contributed by atoms with E-state index in [1.807, 2.05) is 6.92 Å². The van der Waals surface area contributed by atoms with E-state index in [2.05, 4.69) is 4.90 Å². The van der Waals surface area contributed by atoms with Crippen molar-refractivity contribution in [3.8, 4) is 0 Å². The molecule has 2 rings (SSSR count). The fourth-order valence-electron chi connectivity index (χ4n) is 1.75. The van der Waals surface area contributed by atoms with E-state index >= 15 is 0 Å². The average molecular weight is 224 g/mol. The first kappa shape index (κ1) is 10.7. The highest BCUT2D eigenvalue weighted by molar-refractivity contribution is 6.30. The molecule has 1 fully saturated rings. The summed E-state index contributed by atoms with van der Waals surface area (Å²) in [7, 11) is 0. The summed E-state index contributed by atoms with van der Waals surface area (Å²) in [4.78, 5) is 14.2. The van der Waals surface area contributed by atoms with Gasteiger partial charge in [-0.3, -0.25) is 9.69 Å². The molecule has 1 aromatic rings. The Kier molecular flexibility index (Phi) is 3.08. The topological polar surface area (TPSA) is 20.3 Å². The van der Waals surface area contributed by atoms with Crippen molar-refractivity contribution in [1.82, 2.24) is 4.90 Å². The third-order valence-corrected chi connectivity index (χ3v) is 3.20. The lowest BCUT2D eigenvalue weighted by atomic mass is 10.0. The smallest absolute Gasteiger partial charge is 0.179 e. The predicted octanol–water partition coefficient (Wildman–Crippen LogP) is 2.62. The van der Waals surface area contributed by atoms with E-state index in [0.717, 1.165) is 18.7 Å². The number of benzene rings is 1. The molecule has 1 unspecified atom stereocenters. The van der Waals surface area contributed by atoms with E-state index in [0.29, 0.717) is 5.02 Å². The van der Waals surface area contributed by atoms with E-state index in [-0.39, 0.29) is 11.8 Å². The normalized spacial score (nSPS) is 18.3. The van der Waals surface area contributed by atoms with Crippen molar-refractivity contribution >= 4 is 17.4 Å². The summed E-state index contributed by atoms with van der Waals surface area (Å²) < 4.78 is 0. The zero-order valence-corrected chi connectivity index (χ0v) is 9.50. The third-order valence-electron chi connectivity index (χ3n) is 2.95. The Hall–Kier alpha value is -0.860. The highest BCUT2D eigenvalue weighted by Crippen LogP contribution is 2.17. The summed E-state index contributed by atoms with van der Waals surface area (Å²) in [5.74, 6) is 0.186. The molecule has 1 aliphatic rings. The number of hydrogen-bond donors (Lipinski definition) is 0. The van der Waals surface area contributed by atoms with Crippen LogP contribution in [0.1, 0.15) is 23.7 Å². The molecule has 0 spiro atoms. The van der Waals surface area contributed by atoms with Crippen LogP contribution in [-0.2, 0) is 0 Å². The van der Waals surface area contributed by atoms with Gasteiger partial charge in [-0.2, -0.15) is 0 Å². The largest absolute Gasteiger partial charge is 0.293 e. The van der Waals surface area contributed by atoms with Gasteiger partial charge in [-0.15, -0.1) is 0 Å². The first-order chi connectivity index (χ1) is 7.18. The van der Waals surface area contributed by atoms with Gasteiger partial charge in [0.2, 0.25) is 0 Å². The van der Waals surface area contributed by atoms with Gasteiger partial charge < -0.3 is 0 Å². The Morgan fingerprint density at radius 2 is 1.93 bits per heavy atom. The Morgan fingerprint density at radius 1 is 1.33 bits per heavy atom. The molecule has 0 N–H and O–H groups in total. The van der Waals surface area contributed by atoms with Crippen LogP contribution in [0, 0.1) is 0 Å². The standard InChI is InChI=1S/C12H14ClNO/c1-9(14-7-2-8-14)12(15)10-3-5-11(13)6-4-10/h3-6,9H,2,7-8H2,1H3. The number of carbonyl (C=O) groups excluding carboxylic acids is 1. The molecule has 0 radical (unpaired) electrons. The van der Waals surface area contributed by atoms with Gasteiger partial charge in [0, 0.05) is 23.7 Å². The van der Waals surface area contributed by atoms with Gasteiger partial charge in [0.15, 0.2) is 5.78 Å². The number of nitrogens with zero attached hydrogens (tertiary/aromatic N) is 1. The molecular weight excluding hydrogens is 210 g/mol. The maximum atomic E-state index is 12.0. The molecule has 15 heavy (non-hydrogen) atoms. The number of hydrogen-bond acceptors (Lipinski definition) is 2. The van der Waals surface area contributed by atoms with Crippen LogP contribution in [-0.4, -0.2) is 29.8 Å².